The number of nitrogens with zero attached hydrogens (tertiary/aromatic N) is 2. The zero-order chi connectivity index (χ0) is 14.6. The molecule has 4 nitrogen and oxygen atoms in total. The highest BCUT2D eigenvalue weighted by Crippen LogP contribution is 2.18. The molecule has 0 aliphatic carbocycles. The van der Waals surface area contributed by atoms with Crippen molar-refractivity contribution in [3.63, 3.8) is 0 Å². The van der Waals surface area contributed by atoms with Crippen LogP contribution in [0, 0.1) is 0 Å². The number of aromatic nitrogens is 2. The molecule has 0 saturated carbocycles. The second-order valence-corrected chi connectivity index (χ2v) is 5.79. The molecule has 20 heavy (non-hydrogen) atoms. The van der Waals surface area contributed by atoms with Gasteiger partial charge in [0.1, 0.15) is 5.75 Å². The van der Waals surface area contributed by atoms with Gasteiger partial charge < -0.3 is 14.6 Å². The van der Waals surface area contributed by atoms with Gasteiger partial charge in [0.2, 0.25) is 0 Å². The van der Waals surface area contributed by atoms with Crippen molar-refractivity contribution in [2.45, 2.75) is 39.8 Å². The molecule has 4 heteroatoms. The second kappa shape index (κ2) is 6.09. The molecule has 1 aromatic heterocycles. The van der Waals surface area contributed by atoms with E-state index in [9.17, 15) is 0 Å². The van der Waals surface area contributed by atoms with Gasteiger partial charge in [0.25, 0.3) is 0 Å². The Hall–Kier alpha value is -1.81. The minimum atomic E-state index is 0.0856. The first-order chi connectivity index (χ1) is 9.49. The maximum absolute atomic E-state index is 5.55. The van der Waals surface area contributed by atoms with Crippen LogP contribution in [0.2, 0.25) is 0 Å². The maximum atomic E-state index is 5.55. The predicted molar refractivity (Wildman–Crippen MR) is 81.3 cm³/mol. The lowest BCUT2D eigenvalue weighted by Crippen LogP contribution is -2.35. The standard InChI is InChI=1S/C16H23N3O/c1-5-20-15-8-6-7-13(9-15)19-12-17-10-14(19)11-18-16(2,3)4/h6-10,12,18H,5,11H2,1-4H3. The Bertz CT molecular complexity index is 555. The smallest absolute Gasteiger partial charge is 0.121 e. The van der Waals surface area contributed by atoms with Crippen LogP contribution in [0.1, 0.15) is 33.4 Å². The topological polar surface area (TPSA) is 39.1 Å². The number of nitrogens with one attached hydrogen (secondary N) is 1. The Kier molecular flexibility index (Phi) is 4.45. The van der Waals surface area contributed by atoms with Crippen molar-refractivity contribution in [2.24, 2.45) is 0 Å². The van der Waals surface area contributed by atoms with Crippen molar-refractivity contribution in [3.05, 3.63) is 42.5 Å². The Morgan fingerprint density at radius 3 is 2.80 bits per heavy atom. The first-order valence-electron chi connectivity index (χ1n) is 6.99. The molecule has 0 spiro atoms. The van der Waals surface area contributed by atoms with Gasteiger partial charge in [-0.05, 0) is 39.8 Å². The van der Waals surface area contributed by atoms with Gasteiger partial charge in [-0.25, -0.2) is 4.98 Å². The van der Waals surface area contributed by atoms with Crippen molar-refractivity contribution in [1.82, 2.24) is 14.9 Å². The minimum absolute atomic E-state index is 0.0856. The molecule has 0 radical (unpaired) electrons. The number of benzene rings is 1. The first-order valence-corrected chi connectivity index (χ1v) is 6.99. The van der Waals surface area contributed by atoms with E-state index in [1.54, 1.807) is 0 Å². The monoisotopic (exact) mass is 273 g/mol. The third kappa shape index (κ3) is 3.84. The van der Waals surface area contributed by atoms with E-state index in [-0.39, 0.29) is 5.54 Å². The average Bonchev–Trinajstić information content (AvgIpc) is 2.84. The van der Waals surface area contributed by atoms with Gasteiger partial charge in [0.15, 0.2) is 0 Å². The van der Waals surface area contributed by atoms with Gasteiger partial charge in [0.05, 0.1) is 24.3 Å². The van der Waals surface area contributed by atoms with E-state index >= 15 is 0 Å². The summed E-state index contributed by atoms with van der Waals surface area (Å²) < 4.78 is 7.63. The molecule has 0 atom stereocenters. The number of imidazole rings is 1. The van der Waals surface area contributed by atoms with Crippen molar-refractivity contribution in [3.8, 4) is 11.4 Å². The lowest BCUT2D eigenvalue weighted by molar-refractivity contribution is 0.340. The van der Waals surface area contributed by atoms with E-state index in [1.807, 2.05) is 37.6 Å². The highest BCUT2D eigenvalue weighted by atomic mass is 16.5. The molecule has 108 valence electrons. The molecule has 1 heterocycles. The molecular weight excluding hydrogens is 250 g/mol. The van der Waals surface area contributed by atoms with Crippen molar-refractivity contribution < 1.29 is 4.74 Å². The van der Waals surface area contributed by atoms with E-state index in [2.05, 4.69) is 41.7 Å². The molecule has 2 rings (SSSR count). The zero-order valence-electron chi connectivity index (χ0n) is 12.7. The SMILES string of the molecule is CCOc1cccc(-n2cncc2CNC(C)(C)C)c1. The van der Waals surface area contributed by atoms with E-state index in [4.69, 9.17) is 4.74 Å². The summed E-state index contributed by atoms with van der Waals surface area (Å²) in [7, 11) is 0. The quantitative estimate of drug-likeness (QED) is 0.909. The van der Waals surface area contributed by atoms with Gasteiger partial charge >= 0.3 is 0 Å². The van der Waals surface area contributed by atoms with Crippen molar-refractivity contribution in [1.29, 1.82) is 0 Å². The molecule has 0 unspecified atom stereocenters. The molecule has 0 amide bonds. The molecule has 0 bridgehead atoms. The summed E-state index contributed by atoms with van der Waals surface area (Å²) in [5.41, 5.74) is 2.29. The van der Waals surface area contributed by atoms with Gasteiger partial charge in [-0.15, -0.1) is 0 Å². The van der Waals surface area contributed by atoms with E-state index in [0.717, 1.165) is 23.7 Å². The summed E-state index contributed by atoms with van der Waals surface area (Å²) in [4.78, 5) is 4.26. The van der Waals surface area contributed by atoms with E-state index in [1.165, 1.54) is 0 Å². The van der Waals surface area contributed by atoms with Crippen LogP contribution >= 0.6 is 0 Å². The predicted octanol–water partition coefficient (Wildman–Crippen LogP) is 3.16. The Labute approximate surface area is 120 Å². The molecule has 0 fully saturated rings. The van der Waals surface area contributed by atoms with E-state index in [0.29, 0.717) is 6.61 Å². The fourth-order valence-electron chi connectivity index (χ4n) is 1.93. The van der Waals surface area contributed by atoms with E-state index < -0.39 is 0 Å². The Morgan fingerprint density at radius 1 is 1.30 bits per heavy atom. The van der Waals surface area contributed by atoms with Crippen LogP contribution < -0.4 is 10.1 Å². The first kappa shape index (κ1) is 14.6. The third-order valence-corrected chi connectivity index (χ3v) is 2.92. The summed E-state index contributed by atoms with van der Waals surface area (Å²) >= 11 is 0. The lowest BCUT2D eigenvalue weighted by atomic mass is 10.1. The molecule has 1 aromatic carbocycles. The van der Waals surface area contributed by atoms with Crippen molar-refractivity contribution >= 4 is 0 Å². The van der Waals surface area contributed by atoms with Crippen LogP contribution in [-0.2, 0) is 6.54 Å². The Morgan fingerprint density at radius 2 is 2.10 bits per heavy atom. The molecule has 0 aliphatic rings. The maximum Gasteiger partial charge on any atom is 0.121 e. The fourth-order valence-corrected chi connectivity index (χ4v) is 1.93. The summed E-state index contributed by atoms with van der Waals surface area (Å²) in [6, 6.07) is 8.06. The normalized spacial score (nSPS) is 11.6. The van der Waals surface area contributed by atoms with Gasteiger partial charge in [0, 0.05) is 24.3 Å². The largest absolute Gasteiger partial charge is 0.494 e. The van der Waals surface area contributed by atoms with Crippen molar-refractivity contribution in [2.75, 3.05) is 6.61 Å². The molecule has 0 saturated heterocycles. The van der Waals surface area contributed by atoms with Crippen LogP contribution in [0.3, 0.4) is 0 Å². The summed E-state index contributed by atoms with van der Waals surface area (Å²) in [5, 5.41) is 3.48. The highest BCUT2D eigenvalue weighted by molar-refractivity contribution is 5.40. The number of hydrogen-bond donors (Lipinski definition) is 1. The van der Waals surface area contributed by atoms with Gasteiger partial charge in [-0.2, -0.15) is 0 Å². The number of rotatable bonds is 5. The molecular formula is C16H23N3O. The molecule has 1 N–H and O–H groups in total. The second-order valence-electron chi connectivity index (χ2n) is 5.79. The number of hydrogen-bond acceptors (Lipinski definition) is 3. The van der Waals surface area contributed by atoms with Crippen LogP contribution in [-0.4, -0.2) is 21.7 Å². The zero-order valence-corrected chi connectivity index (χ0v) is 12.7. The van der Waals surface area contributed by atoms with Crippen LogP contribution in [0.5, 0.6) is 5.75 Å². The molecule has 0 aliphatic heterocycles. The summed E-state index contributed by atoms with van der Waals surface area (Å²) in [6.45, 7) is 9.91. The lowest BCUT2D eigenvalue weighted by Gasteiger charge is -2.21. The minimum Gasteiger partial charge on any atom is -0.494 e. The number of ether oxygens (including phenoxy) is 1. The fraction of sp³-hybridized carbons (Fsp3) is 0.438. The van der Waals surface area contributed by atoms with Gasteiger partial charge in [-0.1, -0.05) is 6.07 Å². The highest BCUT2D eigenvalue weighted by Gasteiger charge is 2.11. The third-order valence-electron chi connectivity index (χ3n) is 2.92. The van der Waals surface area contributed by atoms with Crippen LogP contribution in [0.4, 0.5) is 0 Å². The Balaban J connectivity index is 2.21. The average molecular weight is 273 g/mol. The molecule has 2 aromatic rings. The summed E-state index contributed by atoms with van der Waals surface area (Å²) in [6.07, 6.45) is 3.73. The van der Waals surface area contributed by atoms with Crippen LogP contribution in [0.25, 0.3) is 5.69 Å². The van der Waals surface area contributed by atoms with Gasteiger partial charge in [-0.3, -0.25) is 0 Å². The summed E-state index contributed by atoms with van der Waals surface area (Å²) in [5.74, 6) is 0.883. The van der Waals surface area contributed by atoms with Crippen LogP contribution in [0.15, 0.2) is 36.8 Å².